The van der Waals surface area contributed by atoms with E-state index >= 15 is 0 Å². The summed E-state index contributed by atoms with van der Waals surface area (Å²) in [5.41, 5.74) is 0.0604. The highest BCUT2D eigenvalue weighted by atomic mass is 16.6. The molecule has 0 bridgehead atoms. The summed E-state index contributed by atoms with van der Waals surface area (Å²) in [5.74, 6) is 0.132. The molecule has 1 aromatic heterocycles. The van der Waals surface area contributed by atoms with Gasteiger partial charge in [-0.25, -0.2) is 9.48 Å². The Bertz CT molecular complexity index is 632. The SMILES string of the molecule is CCCCC[C@@H](C(=O)N1CCCCC1)n1cc(CNC(=O)OC(C)(C)C)nn1. The molecule has 0 aliphatic carbocycles. The van der Waals surface area contributed by atoms with E-state index in [1.165, 1.54) is 6.42 Å². The van der Waals surface area contributed by atoms with Gasteiger partial charge in [-0.15, -0.1) is 5.10 Å². The van der Waals surface area contributed by atoms with Gasteiger partial charge in [0, 0.05) is 13.1 Å². The molecule has 2 amide bonds. The van der Waals surface area contributed by atoms with Gasteiger partial charge in [0.05, 0.1) is 12.7 Å². The highest BCUT2D eigenvalue weighted by Gasteiger charge is 2.27. The molecule has 0 spiro atoms. The standard InChI is InChI=1S/C20H35N5O3/c1-5-6-8-11-17(18(26)24-12-9-7-10-13-24)25-15-16(22-23-25)14-21-19(27)28-20(2,3)4/h15,17H,5-14H2,1-4H3,(H,21,27)/t17-/m0/s1. The number of unbranched alkanes of at least 4 members (excludes halogenated alkanes) is 2. The van der Waals surface area contributed by atoms with Gasteiger partial charge in [0.2, 0.25) is 5.91 Å². The lowest BCUT2D eigenvalue weighted by Crippen LogP contribution is -2.40. The Morgan fingerprint density at radius 1 is 1.21 bits per heavy atom. The summed E-state index contributed by atoms with van der Waals surface area (Å²) < 4.78 is 6.90. The minimum Gasteiger partial charge on any atom is -0.444 e. The number of hydrogen-bond donors (Lipinski definition) is 1. The van der Waals surface area contributed by atoms with Crippen LogP contribution < -0.4 is 5.32 Å². The van der Waals surface area contributed by atoms with Crippen molar-refractivity contribution in [3.8, 4) is 0 Å². The molecule has 1 aromatic rings. The number of rotatable bonds is 8. The predicted molar refractivity (Wildman–Crippen MR) is 107 cm³/mol. The zero-order chi connectivity index (χ0) is 20.6. The van der Waals surface area contributed by atoms with Crippen LogP contribution in [0.5, 0.6) is 0 Å². The Morgan fingerprint density at radius 3 is 2.57 bits per heavy atom. The van der Waals surface area contributed by atoms with Gasteiger partial charge in [-0.3, -0.25) is 4.79 Å². The van der Waals surface area contributed by atoms with Crippen LogP contribution in [0.25, 0.3) is 0 Å². The first-order valence-electron chi connectivity index (χ1n) is 10.5. The Balaban J connectivity index is 2.00. The molecule has 8 nitrogen and oxygen atoms in total. The molecule has 8 heteroatoms. The summed E-state index contributed by atoms with van der Waals surface area (Å²) in [6, 6.07) is -0.326. The summed E-state index contributed by atoms with van der Waals surface area (Å²) in [7, 11) is 0. The fourth-order valence-corrected chi connectivity index (χ4v) is 3.31. The van der Waals surface area contributed by atoms with Gasteiger partial charge in [-0.2, -0.15) is 0 Å². The first kappa shape index (κ1) is 22.2. The minimum atomic E-state index is -0.549. The van der Waals surface area contributed by atoms with E-state index in [9.17, 15) is 9.59 Å². The van der Waals surface area contributed by atoms with E-state index in [4.69, 9.17) is 4.74 Å². The van der Waals surface area contributed by atoms with Crippen LogP contribution in [0.15, 0.2) is 6.20 Å². The summed E-state index contributed by atoms with van der Waals surface area (Å²) in [6.07, 6.45) is 8.51. The van der Waals surface area contributed by atoms with Gasteiger partial charge in [-0.05, 0) is 46.5 Å². The lowest BCUT2D eigenvalue weighted by molar-refractivity contribution is -0.136. The Morgan fingerprint density at radius 2 is 1.93 bits per heavy atom. The largest absolute Gasteiger partial charge is 0.444 e. The van der Waals surface area contributed by atoms with Crippen LogP contribution in [0, 0.1) is 0 Å². The number of amides is 2. The molecule has 0 radical (unpaired) electrons. The fourth-order valence-electron chi connectivity index (χ4n) is 3.31. The minimum absolute atomic E-state index is 0.132. The van der Waals surface area contributed by atoms with Crippen molar-refractivity contribution in [3.63, 3.8) is 0 Å². The van der Waals surface area contributed by atoms with Gasteiger partial charge < -0.3 is 15.0 Å². The molecule has 158 valence electrons. The normalized spacial score (nSPS) is 15.9. The van der Waals surface area contributed by atoms with E-state index in [-0.39, 0.29) is 18.5 Å². The second-order valence-corrected chi connectivity index (χ2v) is 8.44. The van der Waals surface area contributed by atoms with Crippen LogP contribution in [0.1, 0.15) is 84.4 Å². The third kappa shape index (κ3) is 7.13. The zero-order valence-electron chi connectivity index (χ0n) is 17.7. The molecule has 1 aliphatic heterocycles. The number of carbonyl (C=O) groups excluding carboxylic acids is 2. The molecule has 0 aromatic carbocycles. The number of carbonyl (C=O) groups is 2. The molecular weight excluding hydrogens is 358 g/mol. The second-order valence-electron chi connectivity index (χ2n) is 8.44. The Labute approximate surface area is 168 Å². The number of ether oxygens (including phenoxy) is 1. The van der Waals surface area contributed by atoms with Crippen molar-refractivity contribution in [3.05, 3.63) is 11.9 Å². The molecule has 0 unspecified atom stereocenters. The number of nitrogens with one attached hydrogen (secondary N) is 1. The van der Waals surface area contributed by atoms with Crippen molar-refractivity contribution in [1.82, 2.24) is 25.2 Å². The lowest BCUT2D eigenvalue weighted by Gasteiger charge is -2.30. The van der Waals surface area contributed by atoms with Crippen molar-refractivity contribution in [2.45, 2.75) is 90.8 Å². The smallest absolute Gasteiger partial charge is 0.407 e. The fraction of sp³-hybridized carbons (Fsp3) is 0.800. The molecule has 1 aliphatic rings. The second kappa shape index (κ2) is 10.4. The molecule has 1 atom stereocenters. The van der Waals surface area contributed by atoms with Crippen molar-refractivity contribution in [2.75, 3.05) is 13.1 Å². The van der Waals surface area contributed by atoms with Crippen molar-refractivity contribution < 1.29 is 14.3 Å². The maximum Gasteiger partial charge on any atom is 0.407 e. The molecular formula is C20H35N5O3. The number of alkyl carbamates (subject to hydrolysis) is 1. The van der Waals surface area contributed by atoms with Crippen LogP contribution in [0.2, 0.25) is 0 Å². The van der Waals surface area contributed by atoms with E-state index in [0.29, 0.717) is 5.69 Å². The topological polar surface area (TPSA) is 89.4 Å². The monoisotopic (exact) mass is 393 g/mol. The molecule has 1 saturated heterocycles. The number of piperidine rings is 1. The number of hydrogen-bond acceptors (Lipinski definition) is 5. The Hall–Kier alpha value is -2.12. The maximum absolute atomic E-state index is 13.1. The average Bonchev–Trinajstić information content (AvgIpc) is 3.11. The van der Waals surface area contributed by atoms with Crippen molar-refractivity contribution in [1.29, 1.82) is 0 Å². The maximum atomic E-state index is 13.1. The first-order valence-corrected chi connectivity index (χ1v) is 10.5. The highest BCUT2D eigenvalue weighted by molar-refractivity contribution is 5.80. The third-order valence-electron chi connectivity index (χ3n) is 4.72. The summed E-state index contributed by atoms with van der Waals surface area (Å²) in [5, 5.41) is 11.0. The van der Waals surface area contributed by atoms with E-state index in [0.717, 1.165) is 51.6 Å². The molecule has 1 N–H and O–H groups in total. The number of aromatic nitrogens is 3. The van der Waals surface area contributed by atoms with Crippen LogP contribution in [-0.4, -0.2) is 50.6 Å². The quantitative estimate of drug-likeness (QED) is 0.684. The van der Waals surface area contributed by atoms with Gasteiger partial charge in [0.25, 0.3) is 0 Å². The molecule has 28 heavy (non-hydrogen) atoms. The van der Waals surface area contributed by atoms with Crippen LogP contribution in [0.4, 0.5) is 4.79 Å². The number of nitrogens with zero attached hydrogens (tertiary/aromatic N) is 4. The lowest BCUT2D eigenvalue weighted by atomic mass is 10.0. The zero-order valence-corrected chi connectivity index (χ0v) is 17.7. The predicted octanol–water partition coefficient (Wildman–Crippen LogP) is 3.44. The van der Waals surface area contributed by atoms with E-state index < -0.39 is 11.7 Å². The molecule has 2 rings (SSSR count). The van der Waals surface area contributed by atoms with Crippen LogP contribution in [-0.2, 0) is 16.1 Å². The summed E-state index contributed by atoms with van der Waals surface area (Å²) >= 11 is 0. The molecule has 1 fully saturated rings. The summed E-state index contributed by atoms with van der Waals surface area (Å²) in [6.45, 7) is 9.46. The Kier molecular flexibility index (Phi) is 8.26. The van der Waals surface area contributed by atoms with E-state index in [1.54, 1.807) is 10.9 Å². The van der Waals surface area contributed by atoms with Crippen LogP contribution in [0.3, 0.4) is 0 Å². The first-order chi connectivity index (χ1) is 13.3. The molecule has 2 heterocycles. The van der Waals surface area contributed by atoms with Crippen molar-refractivity contribution in [2.24, 2.45) is 0 Å². The van der Waals surface area contributed by atoms with Gasteiger partial charge in [0.1, 0.15) is 17.3 Å². The number of likely N-dealkylation sites (tertiary alicyclic amines) is 1. The van der Waals surface area contributed by atoms with E-state index in [1.807, 2.05) is 25.7 Å². The van der Waals surface area contributed by atoms with Gasteiger partial charge in [0.15, 0.2) is 0 Å². The van der Waals surface area contributed by atoms with E-state index in [2.05, 4.69) is 22.6 Å². The van der Waals surface area contributed by atoms with Crippen LogP contribution >= 0.6 is 0 Å². The third-order valence-corrected chi connectivity index (χ3v) is 4.72. The summed E-state index contributed by atoms with van der Waals surface area (Å²) in [4.78, 5) is 26.8. The molecule has 0 saturated carbocycles. The average molecular weight is 394 g/mol. The highest BCUT2D eigenvalue weighted by Crippen LogP contribution is 2.21. The van der Waals surface area contributed by atoms with Gasteiger partial charge >= 0.3 is 6.09 Å². The van der Waals surface area contributed by atoms with Gasteiger partial charge in [-0.1, -0.05) is 31.4 Å². The van der Waals surface area contributed by atoms with Crippen molar-refractivity contribution >= 4 is 12.0 Å².